The molecule has 5 N–H and O–H groups in total. The highest BCUT2D eigenvalue weighted by Crippen LogP contribution is 2.45. The molecule has 3 heterocycles. The summed E-state index contributed by atoms with van der Waals surface area (Å²) in [5, 5.41) is 21.1. The second-order valence-electron chi connectivity index (χ2n) is 16.3. The first-order valence-electron chi connectivity index (χ1n) is 20.6. The number of hydrogen-bond donors (Lipinski definition) is 5. The third-order valence-electron chi connectivity index (χ3n) is 11.9. The van der Waals surface area contributed by atoms with Crippen molar-refractivity contribution in [2.45, 2.75) is 89.7 Å². The topological polar surface area (TPSA) is 219 Å². The molecular formula is C44H51N5O11. The third-order valence-corrected chi connectivity index (χ3v) is 11.9. The molecule has 2 saturated heterocycles. The summed E-state index contributed by atoms with van der Waals surface area (Å²) >= 11 is 0. The van der Waals surface area contributed by atoms with Gasteiger partial charge in [-0.3, -0.25) is 39.0 Å². The Balaban J connectivity index is 0.831. The number of fused-ring (bicyclic) bond motifs is 2. The first kappa shape index (κ1) is 42.1. The number of anilines is 1. The van der Waals surface area contributed by atoms with Crippen LogP contribution in [0.25, 0.3) is 0 Å². The number of ether oxygens (including phenoxy) is 3. The Labute approximate surface area is 347 Å². The van der Waals surface area contributed by atoms with E-state index in [-0.39, 0.29) is 84.5 Å². The molecule has 0 saturated carbocycles. The quantitative estimate of drug-likeness (QED) is 0.105. The van der Waals surface area contributed by atoms with E-state index < -0.39 is 54.4 Å². The Morgan fingerprint density at radius 1 is 0.967 bits per heavy atom. The summed E-state index contributed by atoms with van der Waals surface area (Å²) in [5.74, 6) is -2.67. The van der Waals surface area contributed by atoms with E-state index in [0.29, 0.717) is 32.4 Å². The molecule has 16 nitrogen and oxygen atoms in total. The number of hydrogen-bond acceptors (Lipinski definition) is 12. The molecule has 2 aromatic carbocycles. The zero-order chi connectivity index (χ0) is 42.5. The SMILES string of the molecule is C[C@H]1C=C2C=C[C@H](C)[C@H](CC[C@@H]3C[C@@H](O)CC(=O)O3)[C@H]2[C@@H](OC(=O)NCCNc2ccc(CNC(=O)COc3cccc4c3C(=O)N(C3CCC(=O)NC3=O)C4=O)cc2)C1. The van der Waals surface area contributed by atoms with Gasteiger partial charge < -0.3 is 35.3 Å². The molecule has 16 heteroatoms. The lowest BCUT2D eigenvalue weighted by atomic mass is 9.65. The summed E-state index contributed by atoms with van der Waals surface area (Å²) in [6.45, 7) is 4.82. The fraction of sp³-hybridized carbons (Fsp3) is 0.477. The fourth-order valence-electron chi connectivity index (χ4n) is 8.93. The number of amides is 6. The Bertz CT molecular complexity index is 2080. The normalized spacial score (nSPS) is 27.2. The second-order valence-corrected chi connectivity index (χ2v) is 16.3. The standard InChI is InChI=1S/C44H51N5O11/c1-24-18-27-9-6-25(2)31(13-12-30-20-29(50)21-38(53)59-30)39(27)35(19-24)60-44(57)46-17-16-45-28-10-7-26(8-11-28)22-47-37(52)23-58-34-5-3-4-32-40(34)43(56)49(42(32)55)33-14-15-36(51)48-41(33)54/h3-11,18,24-25,29-31,33,35,39,45,50H,12-17,19-23H2,1-2H3,(H,46,57)(H,47,52)(H,48,51,54)/t24-,25-,29+,30+,31-,33?,35-,39-/m0/s1. The number of aliphatic hydroxyl groups is 1. The molecule has 60 heavy (non-hydrogen) atoms. The van der Waals surface area contributed by atoms with Crippen molar-refractivity contribution in [2.24, 2.45) is 23.7 Å². The third kappa shape index (κ3) is 9.70. The smallest absolute Gasteiger partial charge is 0.407 e. The van der Waals surface area contributed by atoms with Crippen LogP contribution in [0.2, 0.25) is 0 Å². The minimum atomic E-state index is -1.11. The number of cyclic esters (lactones) is 1. The van der Waals surface area contributed by atoms with Crippen molar-refractivity contribution >= 4 is 47.3 Å². The molecule has 8 atom stereocenters. The molecule has 5 aliphatic rings. The van der Waals surface area contributed by atoms with E-state index in [1.165, 1.54) is 23.8 Å². The van der Waals surface area contributed by atoms with Crippen LogP contribution >= 0.6 is 0 Å². The number of alkyl carbamates (subject to hydrolysis) is 1. The number of carbonyl (C=O) groups excluding carboxylic acids is 7. The Kier molecular flexibility index (Phi) is 13.0. The van der Waals surface area contributed by atoms with Gasteiger partial charge in [0.25, 0.3) is 17.7 Å². The monoisotopic (exact) mass is 825 g/mol. The van der Waals surface area contributed by atoms with Gasteiger partial charge in [0, 0.05) is 44.1 Å². The largest absolute Gasteiger partial charge is 0.483 e. The van der Waals surface area contributed by atoms with E-state index >= 15 is 0 Å². The minimum Gasteiger partial charge on any atom is -0.483 e. The molecule has 2 aliphatic carbocycles. The molecule has 2 aromatic rings. The van der Waals surface area contributed by atoms with Gasteiger partial charge in [0.15, 0.2) is 6.61 Å². The maximum absolute atomic E-state index is 13.3. The predicted molar refractivity (Wildman–Crippen MR) is 215 cm³/mol. The molecule has 318 valence electrons. The Hall–Kier alpha value is -6.03. The second kappa shape index (κ2) is 18.5. The summed E-state index contributed by atoms with van der Waals surface area (Å²) in [4.78, 5) is 88.8. The van der Waals surface area contributed by atoms with Crippen LogP contribution in [0, 0.1) is 23.7 Å². The summed E-state index contributed by atoms with van der Waals surface area (Å²) in [5.41, 5.74) is 2.81. The van der Waals surface area contributed by atoms with Gasteiger partial charge in [0.05, 0.1) is 23.7 Å². The van der Waals surface area contributed by atoms with Crippen LogP contribution < -0.4 is 26.0 Å². The summed E-state index contributed by atoms with van der Waals surface area (Å²) in [6, 6.07) is 10.7. The zero-order valence-electron chi connectivity index (χ0n) is 33.6. The molecule has 2 fully saturated rings. The maximum Gasteiger partial charge on any atom is 0.407 e. The van der Waals surface area contributed by atoms with Gasteiger partial charge in [0.1, 0.15) is 24.0 Å². The molecule has 1 unspecified atom stereocenters. The number of imide groups is 2. The van der Waals surface area contributed by atoms with Crippen molar-refractivity contribution in [1.29, 1.82) is 0 Å². The summed E-state index contributed by atoms with van der Waals surface area (Å²) < 4.78 is 17.3. The van der Waals surface area contributed by atoms with Crippen LogP contribution in [-0.4, -0.2) is 95.7 Å². The van der Waals surface area contributed by atoms with Gasteiger partial charge in [0.2, 0.25) is 11.8 Å². The molecule has 0 bridgehead atoms. The predicted octanol–water partition coefficient (Wildman–Crippen LogP) is 3.54. The van der Waals surface area contributed by atoms with Crippen molar-refractivity contribution in [1.82, 2.24) is 20.9 Å². The van der Waals surface area contributed by atoms with Gasteiger partial charge in [-0.05, 0) is 78.8 Å². The number of aliphatic hydroxyl groups excluding tert-OH is 1. The molecule has 6 amide bonds. The van der Waals surface area contributed by atoms with Gasteiger partial charge in [-0.15, -0.1) is 0 Å². The Morgan fingerprint density at radius 2 is 1.77 bits per heavy atom. The molecule has 0 aromatic heterocycles. The molecule has 0 radical (unpaired) electrons. The number of allylic oxidation sites excluding steroid dienone is 3. The van der Waals surface area contributed by atoms with Crippen molar-refractivity contribution in [3.05, 3.63) is 83.0 Å². The Morgan fingerprint density at radius 3 is 2.53 bits per heavy atom. The maximum atomic E-state index is 13.3. The van der Waals surface area contributed by atoms with Crippen LogP contribution in [0.3, 0.4) is 0 Å². The average Bonchev–Trinajstić information content (AvgIpc) is 3.46. The number of rotatable bonds is 14. The zero-order valence-corrected chi connectivity index (χ0v) is 33.6. The molecular weight excluding hydrogens is 775 g/mol. The first-order chi connectivity index (χ1) is 28.8. The van der Waals surface area contributed by atoms with Gasteiger partial charge in [-0.2, -0.15) is 0 Å². The lowest BCUT2D eigenvalue weighted by Gasteiger charge is -2.43. The number of esters is 1. The number of piperidine rings is 1. The van der Waals surface area contributed by atoms with E-state index in [9.17, 15) is 38.7 Å². The van der Waals surface area contributed by atoms with E-state index in [1.54, 1.807) is 0 Å². The van der Waals surface area contributed by atoms with Crippen LogP contribution in [0.1, 0.15) is 85.1 Å². The number of benzene rings is 2. The molecule has 7 rings (SSSR count). The van der Waals surface area contributed by atoms with Crippen molar-refractivity contribution in [2.75, 3.05) is 25.0 Å². The number of nitrogens with one attached hydrogen (secondary N) is 4. The average molecular weight is 826 g/mol. The molecule has 0 spiro atoms. The number of nitrogens with zero attached hydrogens (tertiary/aromatic N) is 1. The molecule has 3 aliphatic heterocycles. The highest BCUT2D eigenvalue weighted by atomic mass is 16.6. The van der Waals surface area contributed by atoms with Gasteiger partial charge >= 0.3 is 12.1 Å². The highest BCUT2D eigenvalue weighted by molar-refractivity contribution is 6.24. The van der Waals surface area contributed by atoms with Crippen molar-refractivity contribution < 1.29 is 52.9 Å². The fourth-order valence-corrected chi connectivity index (χ4v) is 8.93. The lowest BCUT2D eigenvalue weighted by molar-refractivity contribution is -0.160. The van der Waals surface area contributed by atoms with Crippen molar-refractivity contribution in [3.63, 3.8) is 0 Å². The highest BCUT2D eigenvalue weighted by Gasteiger charge is 2.46. The van der Waals surface area contributed by atoms with E-state index in [0.717, 1.165) is 22.6 Å². The van der Waals surface area contributed by atoms with Gasteiger partial charge in [-0.25, -0.2) is 4.79 Å². The first-order valence-corrected chi connectivity index (χ1v) is 20.6. The lowest BCUT2D eigenvalue weighted by Crippen LogP contribution is -2.54. The van der Waals surface area contributed by atoms with Crippen LogP contribution in [0.5, 0.6) is 5.75 Å². The minimum absolute atomic E-state index is 0.000887. The van der Waals surface area contributed by atoms with E-state index in [1.807, 2.05) is 24.3 Å². The van der Waals surface area contributed by atoms with Crippen molar-refractivity contribution in [3.8, 4) is 5.75 Å². The van der Waals surface area contributed by atoms with Crippen LogP contribution in [0.4, 0.5) is 10.5 Å². The van der Waals surface area contributed by atoms with Crippen LogP contribution in [0.15, 0.2) is 66.3 Å². The summed E-state index contributed by atoms with van der Waals surface area (Å²) in [7, 11) is 0. The summed E-state index contributed by atoms with van der Waals surface area (Å²) in [6.07, 6.45) is 7.44. The number of carbonyl (C=O) groups is 7. The van der Waals surface area contributed by atoms with E-state index in [2.05, 4.69) is 53.3 Å². The van der Waals surface area contributed by atoms with Gasteiger partial charge in [-0.1, -0.05) is 50.3 Å². The van der Waals surface area contributed by atoms with Crippen LogP contribution in [-0.2, 0) is 35.2 Å². The van der Waals surface area contributed by atoms with E-state index in [4.69, 9.17) is 14.2 Å².